The number of carboxylic acid groups (broad SMARTS) is 1. The molecule has 1 fully saturated rings. The molecule has 0 aromatic heterocycles. The van der Waals surface area contributed by atoms with Crippen molar-refractivity contribution in [2.24, 2.45) is 5.92 Å². The van der Waals surface area contributed by atoms with Crippen LogP contribution < -0.4 is 4.72 Å². The number of rotatable bonds is 7. The van der Waals surface area contributed by atoms with Crippen LogP contribution in [0.1, 0.15) is 39.0 Å². The van der Waals surface area contributed by atoms with Crippen LogP contribution >= 0.6 is 0 Å². The average Bonchev–Trinajstić information content (AvgIpc) is 2.36. The normalized spacial score (nSPS) is 18.4. The molecule has 2 N–H and O–H groups in total. The van der Waals surface area contributed by atoms with Crippen LogP contribution in [-0.4, -0.2) is 43.9 Å². The summed E-state index contributed by atoms with van der Waals surface area (Å²) in [6.45, 7) is 1.65. The molecule has 0 aliphatic heterocycles. The number of sulfonamides is 1. The Hall–Kier alpha value is -1.15. The minimum Gasteiger partial charge on any atom is -0.480 e. The summed E-state index contributed by atoms with van der Waals surface area (Å²) in [6, 6.07) is -1.17. The molecule has 1 saturated carbocycles. The van der Waals surface area contributed by atoms with Crippen LogP contribution in [0.25, 0.3) is 0 Å². The molecule has 20 heavy (non-hydrogen) atoms. The Kier molecular flexibility index (Phi) is 6.41. The van der Waals surface area contributed by atoms with E-state index in [2.05, 4.69) is 9.46 Å². The maximum atomic E-state index is 11.8. The molecule has 1 unspecified atom stereocenters. The standard InChI is InChI=1S/C12H21NO6S/c1-2-19-10(14)8-20(17,18)13-11(12(15)16)9-6-4-3-5-7-9/h9,11,13H,2-8H2,1H3,(H,15,16). The van der Waals surface area contributed by atoms with Gasteiger partial charge in [0.1, 0.15) is 6.04 Å². The van der Waals surface area contributed by atoms with E-state index in [1.54, 1.807) is 6.92 Å². The van der Waals surface area contributed by atoms with Crippen molar-refractivity contribution in [3.8, 4) is 0 Å². The van der Waals surface area contributed by atoms with E-state index in [0.29, 0.717) is 12.8 Å². The van der Waals surface area contributed by atoms with Gasteiger partial charge < -0.3 is 9.84 Å². The molecular formula is C12H21NO6S. The summed E-state index contributed by atoms with van der Waals surface area (Å²) in [5.41, 5.74) is 0. The van der Waals surface area contributed by atoms with Crippen molar-refractivity contribution in [1.29, 1.82) is 0 Å². The van der Waals surface area contributed by atoms with E-state index in [4.69, 9.17) is 0 Å². The van der Waals surface area contributed by atoms with Crippen molar-refractivity contribution in [2.75, 3.05) is 12.4 Å². The van der Waals surface area contributed by atoms with Crippen molar-refractivity contribution in [3.05, 3.63) is 0 Å². The fraction of sp³-hybridized carbons (Fsp3) is 0.833. The van der Waals surface area contributed by atoms with Gasteiger partial charge in [0.15, 0.2) is 5.75 Å². The van der Waals surface area contributed by atoms with Crippen LogP contribution in [0.3, 0.4) is 0 Å². The molecule has 0 saturated heterocycles. The lowest BCUT2D eigenvalue weighted by molar-refractivity contribution is -0.141. The number of carbonyl (C=O) groups excluding carboxylic acids is 1. The summed E-state index contributed by atoms with van der Waals surface area (Å²) in [4.78, 5) is 22.4. The topological polar surface area (TPSA) is 110 Å². The molecule has 1 aliphatic rings. The summed E-state index contributed by atoms with van der Waals surface area (Å²) >= 11 is 0. The zero-order valence-electron chi connectivity index (χ0n) is 11.5. The first-order valence-electron chi connectivity index (χ1n) is 6.74. The van der Waals surface area contributed by atoms with Gasteiger partial charge in [-0.05, 0) is 25.7 Å². The molecule has 0 aromatic carbocycles. The van der Waals surface area contributed by atoms with E-state index >= 15 is 0 Å². The second-order valence-electron chi connectivity index (χ2n) is 4.90. The zero-order chi connectivity index (χ0) is 15.2. The Bertz CT molecular complexity index is 441. The summed E-state index contributed by atoms with van der Waals surface area (Å²) in [5.74, 6) is -3.16. The molecule has 7 nitrogen and oxygen atoms in total. The van der Waals surface area contributed by atoms with Gasteiger partial charge in [-0.3, -0.25) is 9.59 Å². The number of hydrogen-bond acceptors (Lipinski definition) is 5. The lowest BCUT2D eigenvalue weighted by Crippen LogP contribution is -2.48. The predicted octanol–water partition coefficient (Wildman–Crippen LogP) is 0.502. The van der Waals surface area contributed by atoms with Gasteiger partial charge in [-0.1, -0.05) is 19.3 Å². The maximum Gasteiger partial charge on any atom is 0.322 e. The number of esters is 1. The van der Waals surface area contributed by atoms with E-state index < -0.39 is 33.8 Å². The van der Waals surface area contributed by atoms with Crippen molar-refractivity contribution in [2.45, 2.75) is 45.1 Å². The third kappa shape index (κ3) is 5.46. The fourth-order valence-electron chi connectivity index (χ4n) is 2.41. The highest BCUT2D eigenvalue weighted by Gasteiger charge is 2.33. The van der Waals surface area contributed by atoms with Crippen molar-refractivity contribution in [1.82, 2.24) is 4.72 Å². The molecule has 1 atom stereocenters. The van der Waals surface area contributed by atoms with E-state index in [1.165, 1.54) is 0 Å². The van der Waals surface area contributed by atoms with Gasteiger partial charge in [0.05, 0.1) is 6.61 Å². The van der Waals surface area contributed by atoms with Gasteiger partial charge in [0.2, 0.25) is 10.0 Å². The summed E-state index contributed by atoms with van der Waals surface area (Å²) < 4.78 is 30.3. The Balaban J connectivity index is 2.68. The molecule has 8 heteroatoms. The van der Waals surface area contributed by atoms with Crippen LogP contribution in [0.2, 0.25) is 0 Å². The number of hydrogen-bond donors (Lipinski definition) is 2. The van der Waals surface area contributed by atoms with Crippen molar-refractivity contribution in [3.63, 3.8) is 0 Å². The maximum absolute atomic E-state index is 11.8. The highest BCUT2D eigenvalue weighted by atomic mass is 32.2. The third-order valence-corrected chi connectivity index (χ3v) is 4.54. The Labute approximate surface area is 118 Å². The highest BCUT2D eigenvalue weighted by molar-refractivity contribution is 7.90. The largest absolute Gasteiger partial charge is 0.480 e. The van der Waals surface area contributed by atoms with Gasteiger partial charge >= 0.3 is 11.9 Å². The SMILES string of the molecule is CCOC(=O)CS(=O)(=O)NC(C(=O)O)C1CCCCC1. The molecule has 1 rings (SSSR count). The minimum absolute atomic E-state index is 0.0827. The third-order valence-electron chi connectivity index (χ3n) is 3.31. The Morgan fingerprint density at radius 2 is 1.90 bits per heavy atom. The van der Waals surface area contributed by atoms with Gasteiger partial charge in [-0.15, -0.1) is 0 Å². The summed E-state index contributed by atoms with van der Waals surface area (Å²) in [6.07, 6.45) is 4.19. The second kappa shape index (κ2) is 7.58. The van der Waals surface area contributed by atoms with Gasteiger partial charge in [0, 0.05) is 0 Å². The van der Waals surface area contributed by atoms with E-state index in [1.807, 2.05) is 0 Å². The van der Waals surface area contributed by atoms with Crippen LogP contribution in [-0.2, 0) is 24.3 Å². The van der Waals surface area contributed by atoms with Gasteiger partial charge in [0.25, 0.3) is 0 Å². The molecule has 0 bridgehead atoms. The monoisotopic (exact) mass is 307 g/mol. The quantitative estimate of drug-likeness (QED) is 0.663. The van der Waals surface area contributed by atoms with Crippen LogP contribution in [0, 0.1) is 5.92 Å². The molecule has 1 aliphatic carbocycles. The smallest absolute Gasteiger partial charge is 0.322 e. The van der Waals surface area contributed by atoms with Crippen LogP contribution in [0.15, 0.2) is 0 Å². The number of nitrogens with one attached hydrogen (secondary N) is 1. The first-order valence-corrected chi connectivity index (χ1v) is 8.39. The molecule has 0 aromatic rings. The second-order valence-corrected chi connectivity index (χ2v) is 6.65. The number of ether oxygens (including phenoxy) is 1. The average molecular weight is 307 g/mol. The predicted molar refractivity (Wildman–Crippen MR) is 71.6 cm³/mol. The molecule has 116 valence electrons. The van der Waals surface area contributed by atoms with Gasteiger partial charge in [-0.25, -0.2) is 13.1 Å². The van der Waals surface area contributed by atoms with Crippen LogP contribution in [0.4, 0.5) is 0 Å². The molecule has 0 amide bonds. The van der Waals surface area contributed by atoms with E-state index in [-0.39, 0.29) is 12.5 Å². The van der Waals surface area contributed by atoms with Crippen LogP contribution in [0.5, 0.6) is 0 Å². The summed E-state index contributed by atoms with van der Waals surface area (Å²) in [5, 5.41) is 9.18. The van der Waals surface area contributed by atoms with E-state index in [0.717, 1.165) is 19.3 Å². The minimum atomic E-state index is -4.00. The van der Waals surface area contributed by atoms with Gasteiger partial charge in [-0.2, -0.15) is 0 Å². The lowest BCUT2D eigenvalue weighted by Gasteiger charge is -2.27. The lowest BCUT2D eigenvalue weighted by atomic mass is 9.84. The first-order chi connectivity index (χ1) is 9.35. The molecule has 0 radical (unpaired) electrons. The molecular weight excluding hydrogens is 286 g/mol. The van der Waals surface area contributed by atoms with Crippen molar-refractivity contribution < 1.29 is 27.9 Å². The number of aliphatic carboxylic acids is 1. The van der Waals surface area contributed by atoms with E-state index in [9.17, 15) is 23.1 Å². The fourth-order valence-corrected chi connectivity index (χ4v) is 3.57. The van der Waals surface area contributed by atoms with Crippen molar-refractivity contribution >= 4 is 22.0 Å². The number of carbonyl (C=O) groups is 2. The first kappa shape index (κ1) is 16.9. The Morgan fingerprint density at radius 3 is 2.40 bits per heavy atom. The summed E-state index contributed by atoms with van der Waals surface area (Å²) in [7, 11) is -4.00. The zero-order valence-corrected chi connectivity index (χ0v) is 12.3. The Morgan fingerprint density at radius 1 is 1.30 bits per heavy atom. The molecule has 0 spiro atoms. The number of carboxylic acids is 1. The highest BCUT2D eigenvalue weighted by Crippen LogP contribution is 2.27. The molecule has 0 heterocycles.